The summed E-state index contributed by atoms with van der Waals surface area (Å²) in [5, 5.41) is 21.7. The number of amides is 1. The fraction of sp³-hybridized carbons (Fsp3) is 0.348. The number of fused-ring (bicyclic) bond motifs is 3. The number of carbonyl (C=O) groups is 5. The number of hydrogen-bond donors (Lipinski definition) is 3. The van der Waals surface area contributed by atoms with Crippen LogP contribution in [0, 0.1) is 23.7 Å². The third-order valence-electron chi connectivity index (χ3n) is 7.12. The molecule has 0 saturated heterocycles. The number of ketones is 4. The van der Waals surface area contributed by atoms with E-state index >= 15 is 0 Å². The Bertz CT molecular complexity index is 1280. The summed E-state index contributed by atoms with van der Waals surface area (Å²) in [5.74, 6) is -9.87. The van der Waals surface area contributed by atoms with Crippen LogP contribution in [-0.4, -0.2) is 44.9 Å². The Morgan fingerprint density at radius 3 is 2.45 bits per heavy atom. The first-order valence-electron chi connectivity index (χ1n) is 10.3. The fourth-order valence-electron chi connectivity index (χ4n) is 5.66. The number of Topliss-reactive ketones (excluding diaryl/α,β-unsaturated/α-hetero) is 4. The summed E-state index contributed by atoms with van der Waals surface area (Å²) in [6.07, 6.45) is -0.143. The van der Waals surface area contributed by atoms with Crippen molar-refractivity contribution in [2.45, 2.75) is 24.9 Å². The molecule has 5 atom stereocenters. The second kappa shape index (κ2) is 7.19. The maximum Gasteiger partial charge on any atom is 0.235 e. The Labute approximate surface area is 195 Å². The maximum atomic E-state index is 13.5. The van der Waals surface area contributed by atoms with Gasteiger partial charge in [-0.15, -0.1) is 0 Å². The molecule has 3 aliphatic rings. The molecule has 0 bridgehead atoms. The van der Waals surface area contributed by atoms with Crippen molar-refractivity contribution in [3.8, 4) is 17.1 Å². The summed E-state index contributed by atoms with van der Waals surface area (Å²) in [6.45, 7) is 0. The van der Waals surface area contributed by atoms with E-state index in [4.69, 9.17) is 10.2 Å². The molecule has 5 rings (SSSR count). The third kappa shape index (κ3) is 2.90. The molecule has 1 amide bonds. The molecule has 3 aliphatic carbocycles. The number of benzene rings is 1. The number of aromatic hydroxyl groups is 1. The third-order valence-corrected chi connectivity index (χ3v) is 7.55. The number of hydrogen-bond acceptors (Lipinski definition) is 8. The molecule has 9 nitrogen and oxygen atoms in total. The van der Waals surface area contributed by atoms with Gasteiger partial charge in [-0.25, -0.2) is 0 Å². The largest absolute Gasteiger partial charge is 0.507 e. The van der Waals surface area contributed by atoms with Gasteiger partial charge in [-0.05, 0) is 64.5 Å². The molecule has 0 radical (unpaired) electrons. The van der Waals surface area contributed by atoms with Crippen LogP contribution in [0.5, 0.6) is 5.75 Å². The van der Waals surface area contributed by atoms with E-state index in [9.17, 15) is 34.2 Å². The average Bonchev–Trinajstić information content (AvgIpc) is 3.16. The number of aliphatic hydroxyl groups is 1. The SMILES string of the molecule is NC(=O)C1C(=O)C[C@@H]2C[C@@H]3Cc4c(-c5ccc(Br)o5)ccc(O)c4C(=O)C3C(=O)[C@]2(O)C1=O. The van der Waals surface area contributed by atoms with E-state index in [2.05, 4.69) is 15.9 Å². The van der Waals surface area contributed by atoms with Gasteiger partial charge < -0.3 is 20.4 Å². The molecule has 33 heavy (non-hydrogen) atoms. The Morgan fingerprint density at radius 2 is 1.82 bits per heavy atom. The van der Waals surface area contributed by atoms with Crippen LogP contribution in [0.1, 0.15) is 28.8 Å². The van der Waals surface area contributed by atoms with Gasteiger partial charge in [-0.3, -0.25) is 24.0 Å². The van der Waals surface area contributed by atoms with Crippen molar-refractivity contribution < 1.29 is 38.6 Å². The number of primary amides is 1. The van der Waals surface area contributed by atoms with Crippen LogP contribution in [0.3, 0.4) is 0 Å². The highest BCUT2D eigenvalue weighted by Crippen LogP contribution is 2.51. The van der Waals surface area contributed by atoms with E-state index in [-0.39, 0.29) is 30.6 Å². The first-order chi connectivity index (χ1) is 15.6. The highest BCUT2D eigenvalue weighted by molar-refractivity contribution is 9.10. The van der Waals surface area contributed by atoms with E-state index in [1.807, 2.05) is 0 Å². The minimum atomic E-state index is -2.65. The van der Waals surface area contributed by atoms with Crippen molar-refractivity contribution in [1.29, 1.82) is 0 Å². The van der Waals surface area contributed by atoms with Crippen molar-refractivity contribution in [3.63, 3.8) is 0 Å². The predicted molar refractivity (Wildman–Crippen MR) is 114 cm³/mol. The summed E-state index contributed by atoms with van der Waals surface area (Å²) in [5.41, 5.74) is 3.51. The van der Waals surface area contributed by atoms with E-state index in [1.54, 1.807) is 18.2 Å². The van der Waals surface area contributed by atoms with Crippen molar-refractivity contribution in [2.24, 2.45) is 29.4 Å². The summed E-state index contributed by atoms with van der Waals surface area (Å²) >= 11 is 3.23. The van der Waals surface area contributed by atoms with Crippen molar-refractivity contribution in [1.82, 2.24) is 0 Å². The molecule has 0 spiro atoms. The van der Waals surface area contributed by atoms with Gasteiger partial charge in [0.2, 0.25) is 5.91 Å². The van der Waals surface area contributed by atoms with Gasteiger partial charge in [0.15, 0.2) is 39.3 Å². The molecule has 2 fully saturated rings. The first-order valence-corrected chi connectivity index (χ1v) is 11.1. The van der Waals surface area contributed by atoms with Gasteiger partial charge in [0.05, 0.1) is 11.5 Å². The van der Waals surface area contributed by atoms with Gasteiger partial charge in [-0.2, -0.15) is 0 Å². The van der Waals surface area contributed by atoms with E-state index < -0.39 is 58.3 Å². The molecule has 1 aromatic carbocycles. The molecule has 2 saturated carbocycles. The van der Waals surface area contributed by atoms with Crippen LogP contribution in [0.4, 0.5) is 0 Å². The lowest BCUT2D eigenvalue weighted by Gasteiger charge is -2.48. The molecule has 2 unspecified atom stereocenters. The Kier molecular flexibility index (Phi) is 4.74. The predicted octanol–water partition coefficient (Wildman–Crippen LogP) is 1.35. The molecular formula is C23H18BrNO8. The monoisotopic (exact) mass is 515 g/mol. The second-order valence-corrected chi connectivity index (χ2v) is 9.61. The second-order valence-electron chi connectivity index (χ2n) is 8.83. The normalized spacial score (nSPS) is 31.1. The Morgan fingerprint density at radius 1 is 1.09 bits per heavy atom. The molecule has 170 valence electrons. The molecule has 0 aliphatic heterocycles. The van der Waals surface area contributed by atoms with Gasteiger partial charge in [-0.1, -0.05) is 0 Å². The zero-order valence-electron chi connectivity index (χ0n) is 17.0. The Hall–Kier alpha value is -3.11. The molecular weight excluding hydrogens is 498 g/mol. The van der Waals surface area contributed by atoms with Crippen LogP contribution in [-0.2, 0) is 25.6 Å². The summed E-state index contributed by atoms with van der Waals surface area (Å²) in [4.78, 5) is 63.9. The quantitative estimate of drug-likeness (QED) is 0.504. The maximum absolute atomic E-state index is 13.5. The highest BCUT2D eigenvalue weighted by Gasteiger charge is 2.66. The summed E-state index contributed by atoms with van der Waals surface area (Å²) in [6, 6.07) is 6.31. The van der Waals surface area contributed by atoms with E-state index in [0.717, 1.165) is 0 Å². The molecule has 1 aromatic heterocycles. The van der Waals surface area contributed by atoms with Crippen molar-refractivity contribution >= 4 is 45.0 Å². The van der Waals surface area contributed by atoms with Crippen LogP contribution < -0.4 is 5.73 Å². The lowest BCUT2D eigenvalue weighted by molar-refractivity contribution is -0.175. The average molecular weight is 516 g/mol. The number of carbonyl (C=O) groups excluding carboxylic acids is 5. The smallest absolute Gasteiger partial charge is 0.235 e. The van der Waals surface area contributed by atoms with Crippen molar-refractivity contribution in [3.05, 3.63) is 40.1 Å². The summed E-state index contributed by atoms with van der Waals surface area (Å²) < 4.78 is 6.09. The number of furan rings is 1. The zero-order valence-corrected chi connectivity index (χ0v) is 18.6. The van der Waals surface area contributed by atoms with Gasteiger partial charge in [0, 0.05) is 17.9 Å². The van der Waals surface area contributed by atoms with Crippen molar-refractivity contribution in [2.75, 3.05) is 0 Å². The molecule has 4 N–H and O–H groups in total. The zero-order chi connectivity index (χ0) is 23.8. The Balaban J connectivity index is 1.62. The number of phenolic OH excluding ortho intramolecular Hbond substituents is 1. The lowest BCUT2D eigenvalue weighted by Crippen LogP contribution is -2.68. The number of rotatable bonds is 2. The van der Waals surface area contributed by atoms with E-state index in [1.165, 1.54) is 6.07 Å². The number of halogens is 1. The molecule has 10 heteroatoms. The topological polar surface area (TPSA) is 165 Å². The minimum Gasteiger partial charge on any atom is -0.507 e. The van der Waals surface area contributed by atoms with E-state index in [0.29, 0.717) is 21.6 Å². The van der Waals surface area contributed by atoms with Gasteiger partial charge in [0.25, 0.3) is 0 Å². The number of nitrogens with two attached hydrogens (primary N) is 1. The highest BCUT2D eigenvalue weighted by atomic mass is 79.9. The summed E-state index contributed by atoms with van der Waals surface area (Å²) in [7, 11) is 0. The standard InChI is InChI=1S/C23H18BrNO8/c24-15-4-3-14(33-15)10-1-2-12(26)17-11(10)6-8-5-9-7-13(27)18(22(25)31)21(30)23(9,32)20(29)16(8)19(17)28/h1-4,8-9,16,18,26,32H,5-7H2,(H2,25,31)/t8-,9+,16?,18?,23+/m1/s1. The first kappa shape index (κ1) is 21.7. The van der Waals surface area contributed by atoms with Gasteiger partial charge >= 0.3 is 0 Å². The van der Waals surface area contributed by atoms with Crippen LogP contribution in [0.15, 0.2) is 33.4 Å². The number of phenols is 1. The minimum absolute atomic E-state index is 0.0397. The lowest BCUT2D eigenvalue weighted by atomic mass is 9.53. The van der Waals surface area contributed by atoms with Crippen LogP contribution in [0.25, 0.3) is 11.3 Å². The fourth-order valence-corrected chi connectivity index (χ4v) is 5.96. The van der Waals surface area contributed by atoms with Crippen LogP contribution >= 0.6 is 15.9 Å². The van der Waals surface area contributed by atoms with Gasteiger partial charge in [0.1, 0.15) is 11.5 Å². The molecule has 1 heterocycles. The molecule has 2 aromatic rings. The van der Waals surface area contributed by atoms with Crippen LogP contribution in [0.2, 0.25) is 0 Å².